The maximum Gasteiger partial charge on any atom is 0.247 e. The lowest BCUT2D eigenvalue weighted by molar-refractivity contribution is -0.116. The van der Waals surface area contributed by atoms with Gasteiger partial charge in [-0.1, -0.05) is 18.2 Å². The van der Waals surface area contributed by atoms with Gasteiger partial charge < -0.3 is 10.1 Å². The van der Waals surface area contributed by atoms with Gasteiger partial charge in [-0.05, 0) is 24.3 Å². The van der Waals surface area contributed by atoms with Gasteiger partial charge in [-0.2, -0.15) is 5.10 Å². The van der Waals surface area contributed by atoms with Crippen molar-refractivity contribution in [1.82, 2.24) is 24.7 Å². The molecule has 0 unspecified atom stereocenters. The molecule has 8 nitrogen and oxygen atoms in total. The lowest BCUT2D eigenvalue weighted by Crippen LogP contribution is -2.19. The van der Waals surface area contributed by atoms with Gasteiger partial charge in [0.2, 0.25) is 5.91 Å². The Morgan fingerprint density at radius 2 is 1.97 bits per heavy atom. The zero-order chi connectivity index (χ0) is 20.1. The third-order valence-corrected chi connectivity index (χ3v) is 4.20. The zero-order valence-corrected chi connectivity index (χ0v) is 15.7. The van der Waals surface area contributed by atoms with Crippen LogP contribution in [0, 0.1) is 0 Å². The van der Waals surface area contributed by atoms with Crippen molar-refractivity contribution in [1.29, 1.82) is 0 Å². The summed E-state index contributed by atoms with van der Waals surface area (Å²) >= 11 is 0. The summed E-state index contributed by atoms with van der Waals surface area (Å²) in [6.45, 7) is 0.0737. The molecular formula is C21H18N6O2. The normalized spacial score (nSPS) is 10.5. The van der Waals surface area contributed by atoms with E-state index in [2.05, 4.69) is 25.4 Å². The molecule has 0 atom stereocenters. The quantitative estimate of drug-likeness (QED) is 0.547. The van der Waals surface area contributed by atoms with E-state index >= 15 is 0 Å². The number of pyridine rings is 1. The number of hydrogen-bond donors (Lipinski definition) is 1. The maximum absolute atomic E-state index is 12.2. The summed E-state index contributed by atoms with van der Waals surface area (Å²) in [7, 11) is 1.62. The summed E-state index contributed by atoms with van der Waals surface area (Å²) in [6.07, 6.45) is 8.05. The van der Waals surface area contributed by atoms with Crippen LogP contribution in [0.2, 0.25) is 0 Å². The number of carbonyl (C=O) groups is 1. The molecule has 0 spiro atoms. The fraction of sp³-hybridized carbons (Fsp3) is 0.0952. The lowest BCUT2D eigenvalue weighted by Gasteiger charge is -2.08. The van der Waals surface area contributed by atoms with Gasteiger partial charge in [0.1, 0.15) is 18.0 Å². The van der Waals surface area contributed by atoms with Crippen molar-refractivity contribution < 1.29 is 9.53 Å². The number of anilines is 1. The SMILES string of the molecule is COc1cccnc1-c1cccc(-c2ccn(CC(=O)Nc3cnccn3)n2)c1. The number of ether oxygens (including phenoxy) is 1. The molecule has 3 heterocycles. The number of rotatable bonds is 6. The molecule has 144 valence electrons. The topological polar surface area (TPSA) is 94.8 Å². The van der Waals surface area contributed by atoms with E-state index in [1.165, 1.54) is 12.4 Å². The van der Waals surface area contributed by atoms with Gasteiger partial charge in [0.05, 0.1) is 19.0 Å². The number of amides is 1. The Morgan fingerprint density at radius 3 is 2.79 bits per heavy atom. The molecule has 4 rings (SSSR count). The Morgan fingerprint density at radius 1 is 1.07 bits per heavy atom. The van der Waals surface area contributed by atoms with Crippen molar-refractivity contribution in [2.24, 2.45) is 0 Å². The summed E-state index contributed by atoms with van der Waals surface area (Å²) in [5.74, 6) is 0.880. The third-order valence-electron chi connectivity index (χ3n) is 4.20. The van der Waals surface area contributed by atoms with Gasteiger partial charge in [-0.3, -0.25) is 19.4 Å². The van der Waals surface area contributed by atoms with E-state index in [9.17, 15) is 4.79 Å². The largest absolute Gasteiger partial charge is 0.494 e. The van der Waals surface area contributed by atoms with Crippen LogP contribution in [0.4, 0.5) is 5.82 Å². The third kappa shape index (κ3) is 4.27. The van der Waals surface area contributed by atoms with Crippen molar-refractivity contribution >= 4 is 11.7 Å². The van der Waals surface area contributed by atoms with Crippen molar-refractivity contribution in [3.05, 3.63) is 73.4 Å². The minimum Gasteiger partial charge on any atom is -0.494 e. The molecule has 0 saturated heterocycles. The fourth-order valence-corrected chi connectivity index (χ4v) is 2.89. The molecule has 0 aliphatic heterocycles. The molecule has 4 aromatic rings. The minimum atomic E-state index is -0.230. The van der Waals surface area contributed by atoms with Crippen molar-refractivity contribution in [3.63, 3.8) is 0 Å². The van der Waals surface area contributed by atoms with E-state index in [4.69, 9.17) is 4.74 Å². The van der Waals surface area contributed by atoms with Crippen LogP contribution in [-0.4, -0.2) is 37.7 Å². The number of aromatic nitrogens is 5. The van der Waals surface area contributed by atoms with Crippen LogP contribution < -0.4 is 10.1 Å². The fourth-order valence-electron chi connectivity index (χ4n) is 2.89. The van der Waals surface area contributed by atoms with E-state index in [0.29, 0.717) is 11.6 Å². The van der Waals surface area contributed by atoms with Crippen molar-refractivity contribution in [3.8, 4) is 28.3 Å². The first kappa shape index (κ1) is 18.3. The van der Waals surface area contributed by atoms with Gasteiger partial charge >= 0.3 is 0 Å². The first-order valence-electron chi connectivity index (χ1n) is 8.92. The van der Waals surface area contributed by atoms with E-state index in [-0.39, 0.29) is 12.5 Å². The molecule has 8 heteroatoms. The monoisotopic (exact) mass is 386 g/mol. The molecule has 29 heavy (non-hydrogen) atoms. The summed E-state index contributed by atoms with van der Waals surface area (Å²) in [5, 5.41) is 7.19. The maximum atomic E-state index is 12.2. The first-order valence-corrected chi connectivity index (χ1v) is 8.92. The predicted octanol–water partition coefficient (Wildman–Crippen LogP) is 3.05. The molecule has 3 aromatic heterocycles. The Bertz CT molecular complexity index is 1130. The first-order chi connectivity index (χ1) is 14.2. The molecule has 1 aromatic carbocycles. The number of hydrogen-bond acceptors (Lipinski definition) is 6. The molecule has 1 N–H and O–H groups in total. The molecule has 0 saturated carbocycles. The average Bonchev–Trinajstić information content (AvgIpc) is 3.23. The highest BCUT2D eigenvalue weighted by Gasteiger charge is 2.11. The molecule has 0 aliphatic carbocycles. The average molecular weight is 386 g/mol. The molecular weight excluding hydrogens is 368 g/mol. The highest BCUT2D eigenvalue weighted by Crippen LogP contribution is 2.30. The van der Waals surface area contributed by atoms with Crippen LogP contribution in [0.25, 0.3) is 22.5 Å². The summed E-state index contributed by atoms with van der Waals surface area (Å²) < 4.78 is 6.98. The van der Waals surface area contributed by atoms with Crippen molar-refractivity contribution in [2.45, 2.75) is 6.54 Å². The lowest BCUT2D eigenvalue weighted by atomic mass is 10.1. The second kappa shape index (κ2) is 8.30. The summed E-state index contributed by atoms with van der Waals surface area (Å²) in [5.41, 5.74) is 3.37. The van der Waals surface area contributed by atoms with Crippen LogP contribution in [0.15, 0.2) is 73.4 Å². The standard InChI is InChI=1S/C21H18N6O2/c1-29-18-6-3-8-24-21(18)16-5-2-4-15(12-16)17-7-11-27(26-17)14-20(28)25-19-13-22-9-10-23-19/h2-13H,14H2,1H3,(H,23,25,28). The second-order valence-corrected chi connectivity index (χ2v) is 6.17. The smallest absolute Gasteiger partial charge is 0.247 e. The highest BCUT2D eigenvalue weighted by molar-refractivity contribution is 5.89. The van der Waals surface area contributed by atoms with Gasteiger partial charge in [-0.15, -0.1) is 0 Å². The number of nitrogens with one attached hydrogen (secondary N) is 1. The second-order valence-electron chi connectivity index (χ2n) is 6.17. The summed E-state index contributed by atoms with van der Waals surface area (Å²) in [6, 6.07) is 13.4. The minimum absolute atomic E-state index is 0.0737. The van der Waals surface area contributed by atoms with E-state index in [0.717, 1.165) is 22.5 Å². The van der Waals surface area contributed by atoms with Crippen molar-refractivity contribution in [2.75, 3.05) is 12.4 Å². The van der Waals surface area contributed by atoms with Gasteiger partial charge in [0, 0.05) is 35.9 Å². The number of benzene rings is 1. The number of methoxy groups -OCH3 is 1. The molecule has 0 fully saturated rings. The Labute approximate surface area is 167 Å². The van der Waals surface area contributed by atoms with Crippen LogP contribution in [0.3, 0.4) is 0 Å². The molecule has 0 radical (unpaired) electrons. The van der Waals surface area contributed by atoms with Crippen LogP contribution in [0.5, 0.6) is 5.75 Å². The van der Waals surface area contributed by atoms with Gasteiger partial charge in [0.25, 0.3) is 0 Å². The van der Waals surface area contributed by atoms with Gasteiger partial charge in [-0.25, -0.2) is 4.98 Å². The number of carbonyl (C=O) groups excluding carboxylic acids is 1. The Balaban J connectivity index is 1.52. The van der Waals surface area contributed by atoms with Crippen LogP contribution >= 0.6 is 0 Å². The molecule has 1 amide bonds. The highest BCUT2D eigenvalue weighted by atomic mass is 16.5. The van der Waals surface area contributed by atoms with Crippen LogP contribution in [0.1, 0.15) is 0 Å². The van der Waals surface area contributed by atoms with E-state index in [1.807, 2.05) is 42.5 Å². The Hall–Kier alpha value is -4.07. The van der Waals surface area contributed by atoms with E-state index in [1.54, 1.807) is 30.4 Å². The van der Waals surface area contributed by atoms with Crippen LogP contribution in [-0.2, 0) is 11.3 Å². The van der Waals surface area contributed by atoms with Gasteiger partial charge in [0.15, 0.2) is 5.82 Å². The molecule has 0 aliphatic rings. The summed E-state index contributed by atoms with van der Waals surface area (Å²) in [4.78, 5) is 24.5. The number of nitrogens with zero attached hydrogens (tertiary/aromatic N) is 5. The predicted molar refractivity (Wildman–Crippen MR) is 108 cm³/mol. The Kier molecular flexibility index (Phi) is 5.24. The zero-order valence-electron chi connectivity index (χ0n) is 15.7. The molecule has 0 bridgehead atoms. The van der Waals surface area contributed by atoms with E-state index < -0.39 is 0 Å².